The second kappa shape index (κ2) is 7.87. The predicted molar refractivity (Wildman–Crippen MR) is 97.7 cm³/mol. The number of carbonyl (C=O) groups excluding carboxylic acids is 1. The lowest BCUT2D eigenvalue weighted by Crippen LogP contribution is -2.50. The largest absolute Gasteiger partial charge is 0.352 e. The quantitative estimate of drug-likeness (QED) is 0.893. The topological polar surface area (TPSA) is 66.5 Å². The van der Waals surface area contributed by atoms with Crippen molar-refractivity contribution < 1.29 is 13.2 Å². The van der Waals surface area contributed by atoms with Gasteiger partial charge in [0.15, 0.2) is 0 Å². The standard InChI is InChI=1S/C19H28N2O3S/c1-15-9-11-18(12-10-15)25(23,24)21-13-5-8-17(14-21)20-19(22)16-6-3-2-4-7-16/h9-12,16-17H,2-8,13-14H2,1H3,(H,20,22)/t17-/m0/s1. The minimum absolute atomic E-state index is 0.0802. The molecular formula is C19H28N2O3S. The normalized spacial score (nSPS) is 23.3. The van der Waals surface area contributed by atoms with E-state index in [1.165, 1.54) is 10.7 Å². The van der Waals surface area contributed by atoms with Crippen LogP contribution < -0.4 is 5.32 Å². The van der Waals surface area contributed by atoms with Gasteiger partial charge in [-0.1, -0.05) is 37.0 Å². The van der Waals surface area contributed by atoms with E-state index in [-0.39, 0.29) is 17.9 Å². The number of piperidine rings is 1. The molecule has 6 heteroatoms. The first kappa shape index (κ1) is 18.4. The highest BCUT2D eigenvalue weighted by molar-refractivity contribution is 7.89. The molecular weight excluding hydrogens is 336 g/mol. The second-order valence-corrected chi connectivity index (χ2v) is 9.30. The number of rotatable bonds is 4. The highest BCUT2D eigenvalue weighted by atomic mass is 32.2. The van der Waals surface area contributed by atoms with Crippen LogP contribution in [0, 0.1) is 12.8 Å². The molecule has 3 rings (SSSR count). The van der Waals surface area contributed by atoms with Crippen LogP contribution in [0.1, 0.15) is 50.5 Å². The van der Waals surface area contributed by atoms with Gasteiger partial charge in [0, 0.05) is 25.0 Å². The summed E-state index contributed by atoms with van der Waals surface area (Å²) < 4.78 is 27.2. The van der Waals surface area contributed by atoms with Crippen molar-refractivity contribution in [3.8, 4) is 0 Å². The van der Waals surface area contributed by atoms with Crippen LogP contribution in [-0.2, 0) is 14.8 Å². The highest BCUT2D eigenvalue weighted by Gasteiger charge is 2.32. The molecule has 0 spiro atoms. The molecule has 1 aromatic carbocycles. The van der Waals surface area contributed by atoms with Crippen molar-refractivity contribution in [1.29, 1.82) is 0 Å². The number of carbonyl (C=O) groups is 1. The summed E-state index contributed by atoms with van der Waals surface area (Å²) in [6.07, 6.45) is 7.01. The van der Waals surface area contributed by atoms with E-state index in [9.17, 15) is 13.2 Å². The maximum absolute atomic E-state index is 12.8. The lowest BCUT2D eigenvalue weighted by Gasteiger charge is -2.33. The van der Waals surface area contributed by atoms with E-state index in [1.807, 2.05) is 19.1 Å². The predicted octanol–water partition coefficient (Wildman–Crippen LogP) is 2.84. The third kappa shape index (κ3) is 4.42. The van der Waals surface area contributed by atoms with E-state index < -0.39 is 10.0 Å². The summed E-state index contributed by atoms with van der Waals surface area (Å²) in [6, 6.07) is 6.88. The van der Waals surface area contributed by atoms with E-state index in [0.717, 1.165) is 44.1 Å². The number of nitrogens with zero attached hydrogens (tertiary/aromatic N) is 1. The van der Waals surface area contributed by atoms with Gasteiger partial charge in [-0.05, 0) is 44.7 Å². The molecule has 1 atom stereocenters. The Hall–Kier alpha value is -1.40. The second-order valence-electron chi connectivity index (χ2n) is 7.36. The first-order chi connectivity index (χ1) is 12.0. The van der Waals surface area contributed by atoms with Crippen molar-refractivity contribution >= 4 is 15.9 Å². The van der Waals surface area contributed by atoms with Crippen LogP contribution in [0.2, 0.25) is 0 Å². The van der Waals surface area contributed by atoms with Crippen molar-refractivity contribution in [2.75, 3.05) is 13.1 Å². The molecule has 138 valence electrons. The summed E-state index contributed by atoms with van der Waals surface area (Å²) in [4.78, 5) is 12.8. The third-order valence-electron chi connectivity index (χ3n) is 5.37. The first-order valence-electron chi connectivity index (χ1n) is 9.34. The minimum atomic E-state index is -3.49. The summed E-state index contributed by atoms with van der Waals surface area (Å²) in [5.74, 6) is 0.220. The molecule has 0 bridgehead atoms. The first-order valence-corrected chi connectivity index (χ1v) is 10.8. The van der Waals surface area contributed by atoms with Gasteiger partial charge in [0.25, 0.3) is 0 Å². The average Bonchev–Trinajstić information content (AvgIpc) is 2.63. The van der Waals surface area contributed by atoms with E-state index >= 15 is 0 Å². The molecule has 0 aromatic heterocycles. The number of hydrogen-bond acceptors (Lipinski definition) is 3. The SMILES string of the molecule is Cc1ccc(S(=O)(=O)N2CCC[C@H](NC(=O)C3CCCCC3)C2)cc1. The van der Waals surface area contributed by atoms with E-state index in [1.54, 1.807) is 12.1 Å². The van der Waals surface area contributed by atoms with Crippen molar-refractivity contribution in [2.45, 2.75) is 62.8 Å². The molecule has 1 aliphatic heterocycles. The zero-order valence-corrected chi connectivity index (χ0v) is 15.7. The van der Waals surface area contributed by atoms with Gasteiger partial charge in [0.1, 0.15) is 0 Å². The molecule has 25 heavy (non-hydrogen) atoms. The van der Waals surface area contributed by atoms with Crippen LogP contribution >= 0.6 is 0 Å². The number of aryl methyl sites for hydroxylation is 1. The van der Waals surface area contributed by atoms with Gasteiger partial charge in [-0.3, -0.25) is 4.79 Å². The summed E-state index contributed by atoms with van der Waals surface area (Å²) in [5.41, 5.74) is 1.04. The van der Waals surface area contributed by atoms with Crippen LogP contribution in [0.4, 0.5) is 0 Å². The average molecular weight is 365 g/mol. The van der Waals surface area contributed by atoms with E-state index in [4.69, 9.17) is 0 Å². The Bertz CT molecular complexity index is 694. The van der Waals surface area contributed by atoms with Gasteiger partial charge < -0.3 is 5.32 Å². The Kier molecular flexibility index (Phi) is 5.79. The Morgan fingerprint density at radius 1 is 1.04 bits per heavy atom. The lowest BCUT2D eigenvalue weighted by atomic mass is 9.88. The summed E-state index contributed by atoms with van der Waals surface area (Å²) in [6.45, 7) is 2.83. The maximum Gasteiger partial charge on any atom is 0.243 e. The molecule has 0 unspecified atom stereocenters. The molecule has 0 radical (unpaired) electrons. The molecule has 2 aliphatic rings. The number of sulfonamides is 1. The van der Waals surface area contributed by atoms with E-state index in [2.05, 4.69) is 5.32 Å². The van der Waals surface area contributed by atoms with E-state index in [0.29, 0.717) is 18.0 Å². The molecule has 1 aromatic rings. The molecule has 2 fully saturated rings. The molecule has 1 saturated carbocycles. The molecule has 1 amide bonds. The number of amides is 1. The van der Waals surface area contributed by atoms with Crippen LogP contribution in [0.25, 0.3) is 0 Å². The minimum Gasteiger partial charge on any atom is -0.352 e. The molecule has 1 heterocycles. The Morgan fingerprint density at radius 2 is 1.72 bits per heavy atom. The van der Waals surface area contributed by atoms with Gasteiger partial charge in [0.2, 0.25) is 15.9 Å². The summed E-state index contributed by atoms with van der Waals surface area (Å²) in [5, 5.41) is 3.11. The Morgan fingerprint density at radius 3 is 2.40 bits per heavy atom. The number of hydrogen-bond donors (Lipinski definition) is 1. The molecule has 5 nitrogen and oxygen atoms in total. The van der Waals surface area contributed by atoms with Crippen molar-refractivity contribution in [3.05, 3.63) is 29.8 Å². The van der Waals surface area contributed by atoms with Gasteiger partial charge in [-0.15, -0.1) is 0 Å². The Balaban J connectivity index is 1.64. The van der Waals surface area contributed by atoms with Gasteiger partial charge in [0.05, 0.1) is 4.90 Å². The molecule has 1 saturated heterocycles. The van der Waals surface area contributed by atoms with Crippen LogP contribution in [0.3, 0.4) is 0 Å². The Labute approximate surface area is 150 Å². The van der Waals surface area contributed by atoms with Gasteiger partial charge in [-0.2, -0.15) is 4.31 Å². The van der Waals surface area contributed by atoms with Crippen molar-refractivity contribution in [1.82, 2.24) is 9.62 Å². The fourth-order valence-corrected chi connectivity index (χ4v) is 5.35. The number of benzene rings is 1. The maximum atomic E-state index is 12.8. The van der Waals surface area contributed by atoms with Crippen molar-refractivity contribution in [2.24, 2.45) is 5.92 Å². The highest BCUT2D eigenvalue weighted by Crippen LogP contribution is 2.25. The zero-order chi connectivity index (χ0) is 17.9. The fraction of sp³-hybridized carbons (Fsp3) is 0.632. The third-order valence-corrected chi connectivity index (χ3v) is 7.24. The summed E-state index contributed by atoms with van der Waals surface area (Å²) >= 11 is 0. The van der Waals surface area contributed by atoms with Crippen LogP contribution in [0.15, 0.2) is 29.2 Å². The van der Waals surface area contributed by atoms with Gasteiger partial charge >= 0.3 is 0 Å². The zero-order valence-electron chi connectivity index (χ0n) is 14.9. The lowest BCUT2D eigenvalue weighted by molar-refractivity contribution is -0.126. The number of nitrogens with one attached hydrogen (secondary N) is 1. The van der Waals surface area contributed by atoms with Crippen molar-refractivity contribution in [3.63, 3.8) is 0 Å². The van der Waals surface area contributed by atoms with Crippen LogP contribution in [0.5, 0.6) is 0 Å². The van der Waals surface area contributed by atoms with Gasteiger partial charge in [-0.25, -0.2) is 8.42 Å². The fourth-order valence-electron chi connectivity index (χ4n) is 3.82. The monoisotopic (exact) mass is 364 g/mol. The molecule has 1 aliphatic carbocycles. The summed E-state index contributed by atoms with van der Waals surface area (Å²) in [7, 11) is -3.49. The van der Waals surface area contributed by atoms with Crippen LogP contribution in [-0.4, -0.2) is 37.8 Å². The molecule has 1 N–H and O–H groups in total. The smallest absolute Gasteiger partial charge is 0.243 e.